The third-order valence-corrected chi connectivity index (χ3v) is 3.92. The Kier molecular flexibility index (Phi) is 7.17. The van der Waals surface area contributed by atoms with Crippen LogP contribution < -0.4 is 10.1 Å². The minimum absolute atomic E-state index is 0.185. The van der Waals surface area contributed by atoms with Crippen molar-refractivity contribution in [3.63, 3.8) is 0 Å². The Balaban J connectivity index is 1.73. The molecule has 2 aromatic carbocycles. The first-order valence-corrected chi connectivity index (χ1v) is 8.34. The summed E-state index contributed by atoms with van der Waals surface area (Å²) in [7, 11) is 1.60. The molecule has 0 aliphatic carbocycles. The van der Waals surface area contributed by atoms with Gasteiger partial charge < -0.3 is 19.9 Å². The second kappa shape index (κ2) is 9.58. The second-order valence-corrected chi connectivity index (χ2v) is 5.85. The molecule has 6 heteroatoms. The molecule has 2 N–H and O–H groups in total. The van der Waals surface area contributed by atoms with Gasteiger partial charge in [0, 0.05) is 6.54 Å². The normalized spacial score (nSPS) is 11.6. The molecule has 138 valence electrons. The van der Waals surface area contributed by atoms with Gasteiger partial charge in [-0.3, -0.25) is 4.79 Å². The smallest absolute Gasteiger partial charge is 0.335 e. The van der Waals surface area contributed by atoms with Crippen LogP contribution in [0.25, 0.3) is 0 Å². The van der Waals surface area contributed by atoms with Crippen LogP contribution in [-0.2, 0) is 22.6 Å². The number of carboxylic acids is 1. The van der Waals surface area contributed by atoms with Crippen LogP contribution in [0.1, 0.15) is 28.4 Å². The van der Waals surface area contributed by atoms with E-state index in [9.17, 15) is 9.59 Å². The maximum absolute atomic E-state index is 12.1. The summed E-state index contributed by atoms with van der Waals surface area (Å²) in [6, 6.07) is 14.1. The van der Waals surface area contributed by atoms with Gasteiger partial charge in [-0.05, 0) is 48.7 Å². The summed E-state index contributed by atoms with van der Waals surface area (Å²) in [5.74, 6) is -0.390. The third-order valence-electron chi connectivity index (χ3n) is 3.92. The summed E-state index contributed by atoms with van der Waals surface area (Å²) in [6.07, 6.45) is 0.0458. The highest BCUT2D eigenvalue weighted by Crippen LogP contribution is 2.14. The van der Waals surface area contributed by atoms with Crippen molar-refractivity contribution in [1.82, 2.24) is 5.32 Å². The Labute approximate surface area is 152 Å². The average Bonchev–Trinajstić information content (AvgIpc) is 2.66. The van der Waals surface area contributed by atoms with Crippen LogP contribution in [0.4, 0.5) is 0 Å². The van der Waals surface area contributed by atoms with E-state index in [0.717, 1.165) is 16.9 Å². The molecule has 0 fully saturated rings. The van der Waals surface area contributed by atoms with E-state index in [4.69, 9.17) is 14.6 Å². The molecule has 6 nitrogen and oxygen atoms in total. The van der Waals surface area contributed by atoms with E-state index in [0.29, 0.717) is 19.6 Å². The number of carboxylic acid groups (broad SMARTS) is 1. The van der Waals surface area contributed by atoms with Crippen molar-refractivity contribution in [2.75, 3.05) is 13.7 Å². The fraction of sp³-hybridized carbons (Fsp3) is 0.300. The van der Waals surface area contributed by atoms with Crippen molar-refractivity contribution >= 4 is 11.9 Å². The van der Waals surface area contributed by atoms with E-state index in [-0.39, 0.29) is 11.5 Å². The SMILES string of the molecule is COc1cccc(COC(C)C(=O)NCCc2ccc(C(=O)O)cc2)c1. The zero-order chi connectivity index (χ0) is 18.9. The number of carbonyl (C=O) groups is 2. The molecule has 0 saturated heterocycles. The van der Waals surface area contributed by atoms with Crippen molar-refractivity contribution in [2.24, 2.45) is 0 Å². The molecule has 0 aliphatic rings. The maximum Gasteiger partial charge on any atom is 0.335 e. The highest BCUT2D eigenvalue weighted by molar-refractivity contribution is 5.87. The molecule has 1 amide bonds. The third kappa shape index (κ3) is 5.89. The molecule has 0 spiro atoms. The van der Waals surface area contributed by atoms with Crippen molar-refractivity contribution in [2.45, 2.75) is 26.1 Å². The molecule has 2 aromatic rings. The number of rotatable bonds is 9. The van der Waals surface area contributed by atoms with Gasteiger partial charge in [0.25, 0.3) is 0 Å². The number of hydrogen-bond acceptors (Lipinski definition) is 4. The van der Waals surface area contributed by atoms with Gasteiger partial charge in [0.2, 0.25) is 5.91 Å². The Morgan fingerprint density at radius 1 is 1.12 bits per heavy atom. The van der Waals surface area contributed by atoms with Crippen LogP contribution in [0.15, 0.2) is 48.5 Å². The summed E-state index contributed by atoms with van der Waals surface area (Å²) in [5, 5.41) is 11.7. The number of carbonyl (C=O) groups excluding carboxylic acids is 1. The highest BCUT2D eigenvalue weighted by atomic mass is 16.5. The number of nitrogens with one attached hydrogen (secondary N) is 1. The van der Waals surface area contributed by atoms with Crippen LogP contribution in [0.5, 0.6) is 5.75 Å². The lowest BCUT2D eigenvalue weighted by Gasteiger charge is -2.14. The Bertz CT molecular complexity index is 742. The molecular formula is C20H23NO5. The zero-order valence-electron chi connectivity index (χ0n) is 14.9. The van der Waals surface area contributed by atoms with Crippen LogP contribution in [0, 0.1) is 0 Å². The fourth-order valence-corrected chi connectivity index (χ4v) is 2.35. The van der Waals surface area contributed by atoms with E-state index in [1.54, 1.807) is 38.3 Å². The minimum Gasteiger partial charge on any atom is -0.497 e. The van der Waals surface area contributed by atoms with Crippen LogP contribution >= 0.6 is 0 Å². The largest absolute Gasteiger partial charge is 0.497 e. The lowest BCUT2D eigenvalue weighted by atomic mass is 10.1. The van der Waals surface area contributed by atoms with Gasteiger partial charge in [-0.15, -0.1) is 0 Å². The molecule has 2 rings (SSSR count). The van der Waals surface area contributed by atoms with E-state index < -0.39 is 12.1 Å². The summed E-state index contributed by atoms with van der Waals surface area (Å²) in [6.45, 7) is 2.48. The van der Waals surface area contributed by atoms with Gasteiger partial charge in [0.05, 0.1) is 19.3 Å². The zero-order valence-corrected chi connectivity index (χ0v) is 14.9. The summed E-state index contributed by atoms with van der Waals surface area (Å²) in [5.41, 5.74) is 2.14. The number of amides is 1. The number of methoxy groups -OCH3 is 1. The van der Waals surface area contributed by atoms with E-state index in [1.165, 1.54) is 0 Å². The highest BCUT2D eigenvalue weighted by Gasteiger charge is 2.13. The summed E-state index contributed by atoms with van der Waals surface area (Å²) in [4.78, 5) is 22.9. The number of aromatic carboxylic acids is 1. The van der Waals surface area contributed by atoms with Crippen LogP contribution in [0.3, 0.4) is 0 Å². The lowest BCUT2D eigenvalue weighted by Crippen LogP contribution is -2.35. The molecule has 26 heavy (non-hydrogen) atoms. The predicted octanol–water partition coefficient (Wildman–Crippen LogP) is 2.66. The molecule has 0 aromatic heterocycles. The first-order chi connectivity index (χ1) is 12.5. The Morgan fingerprint density at radius 3 is 2.50 bits per heavy atom. The van der Waals surface area contributed by atoms with Gasteiger partial charge in [0.1, 0.15) is 11.9 Å². The van der Waals surface area contributed by atoms with Crippen LogP contribution in [0.2, 0.25) is 0 Å². The fourth-order valence-electron chi connectivity index (χ4n) is 2.35. The first kappa shape index (κ1) is 19.5. The van der Waals surface area contributed by atoms with Crippen molar-refractivity contribution in [3.05, 3.63) is 65.2 Å². The van der Waals surface area contributed by atoms with Crippen molar-refractivity contribution < 1.29 is 24.2 Å². The minimum atomic E-state index is -0.952. The van der Waals surface area contributed by atoms with E-state index >= 15 is 0 Å². The van der Waals surface area contributed by atoms with Gasteiger partial charge in [-0.1, -0.05) is 24.3 Å². The van der Waals surface area contributed by atoms with Gasteiger partial charge in [-0.2, -0.15) is 0 Å². The molecule has 0 bridgehead atoms. The topological polar surface area (TPSA) is 84.9 Å². The van der Waals surface area contributed by atoms with Crippen molar-refractivity contribution in [3.8, 4) is 5.75 Å². The Hall–Kier alpha value is -2.86. The van der Waals surface area contributed by atoms with Gasteiger partial charge in [-0.25, -0.2) is 4.79 Å². The standard InChI is InChI=1S/C20H23NO5/c1-14(26-13-16-4-3-5-18(12-16)25-2)19(22)21-11-10-15-6-8-17(9-7-15)20(23)24/h3-9,12,14H,10-11,13H2,1-2H3,(H,21,22)(H,23,24). The Morgan fingerprint density at radius 2 is 1.85 bits per heavy atom. The van der Waals surface area contributed by atoms with Gasteiger partial charge >= 0.3 is 5.97 Å². The molecule has 1 atom stereocenters. The first-order valence-electron chi connectivity index (χ1n) is 8.34. The number of benzene rings is 2. The van der Waals surface area contributed by atoms with Gasteiger partial charge in [0.15, 0.2) is 0 Å². The quantitative estimate of drug-likeness (QED) is 0.721. The summed E-state index contributed by atoms with van der Waals surface area (Å²) >= 11 is 0. The lowest BCUT2D eigenvalue weighted by molar-refractivity contribution is -0.132. The molecule has 0 aliphatic heterocycles. The number of hydrogen-bond donors (Lipinski definition) is 2. The molecule has 0 saturated carbocycles. The summed E-state index contributed by atoms with van der Waals surface area (Å²) < 4.78 is 10.8. The second-order valence-electron chi connectivity index (χ2n) is 5.85. The molecular weight excluding hydrogens is 334 g/mol. The predicted molar refractivity (Wildman–Crippen MR) is 97.4 cm³/mol. The monoisotopic (exact) mass is 357 g/mol. The van der Waals surface area contributed by atoms with E-state index in [1.807, 2.05) is 24.3 Å². The average molecular weight is 357 g/mol. The van der Waals surface area contributed by atoms with Crippen molar-refractivity contribution in [1.29, 1.82) is 0 Å². The maximum atomic E-state index is 12.1. The molecule has 0 heterocycles. The van der Waals surface area contributed by atoms with Crippen LogP contribution in [-0.4, -0.2) is 36.7 Å². The molecule has 0 radical (unpaired) electrons. The van der Waals surface area contributed by atoms with E-state index in [2.05, 4.69) is 5.32 Å². The molecule has 1 unspecified atom stereocenters. The number of ether oxygens (including phenoxy) is 2.